The molecule has 0 bridgehead atoms. The minimum Gasteiger partial charge on any atom is -0.481 e. The third-order valence-corrected chi connectivity index (χ3v) is 2.16. The van der Waals surface area contributed by atoms with Gasteiger partial charge in [-0.15, -0.1) is 0 Å². The monoisotopic (exact) mass is 182 g/mol. The van der Waals surface area contributed by atoms with Crippen molar-refractivity contribution in [2.45, 2.75) is 13.0 Å². The lowest BCUT2D eigenvalue weighted by Gasteiger charge is -2.18. The number of rotatable bonds is 4. The second kappa shape index (κ2) is 4.09. The van der Waals surface area contributed by atoms with E-state index < -0.39 is 11.9 Å². The molecule has 0 aliphatic rings. The van der Waals surface area contributed by atoms with E-state index in [2.05, 4.69) is 10.3 Å². The van der Waals surface area contributed by atoms with Gasteiger partial charge in [-0.1, -0.05) is 6.92 Å². The number of hydrogen-bond acceptors (Lipinski definition) is 2. The van der Waals surface area contributed by atoms with E-state index in [9.17, 15) is 4.79 Å². The van der Waals surface area contributed by atoms with Gasteiger partial charge < -0.3 is 15.4 Å². The van der Waals surface area contributed by atoms with Crippen molar-refractivity contribution >= 4 is 5.97 Å². The summed E-state index contributed by atoms with van der Waals surface area (Å²) in [5.74, 6) is -1.24. The zero-order chi connectivity index (χ0) is 9.84. The summed E-state index contributed by atoms with van der Waals surface area (Å²) in [4.78, 5) is 13.7. The van der Waals surface area contributed by atoms with E-state index in [0.29, 0.717) is 0 Å². The van der Waals surface area contributed by atoms with E-state index in [-0.39, 0.29) is 6.04 Å². The number of hydrogen-bond donors (Lipinski definition) is 3. The zero-order valence-electron chi connectivity index (χ0n) is 7.74. The number of carboxylic acids is 1. The molecule has 3 N–H and O–H groups in total. The van der Waals surface area contributed by atoms with Crippen molar-refractivity contribution < 1.29 is 9.90 Å². The lowest BCUT2D eigenvalue weighted by molar-refractivity contribution is -0.142. The lowest BCUT2D eigenvalue weighted by atomic mass is 9.99. The SMILES string of the molecule is CNC(c1ccc[nH]1)C(C)C(=O)O. The van der Waals surface area contributed by atoms with E-state index in [1.165, 1.54) is 0 Å². The second-order valence-corrected chi connectivity index (χ2v) is 3.02. The molecule has 0 spiro atoms. The van der Waals surface area contributed by atoms with Gasteiger partial charge in [0.2, 0.25) is 0 Å². The highest BCUT2D eigenvalue weighted by Gasteiger charge is 2.23. The number of H-pyrrole nitrogens is 1. The highest BCUT2D eigenvalue weighted by Crippen LogP contribution is 2.19. The van der Waals surface area contributed by atoms with Crippen LogP contribution >= 0.6 is 0 Å². The molecule has 1 aromatic rings. The molecule has 0 saturated carbocycles. The Morgan fingerprint density at radius 1 is 1.69 bits per heavy atom. The van der Waals surface area contributed by atoms with Gasteiger partial charge in [0, 0.05) is 11.9 Å². The molecule has 1 rings (SSSR count). The van der Waals surface area contributed by atoms with Crippen LogP contribution in [0, 0.1) is 5.92 Å². The van der Waals surface area contributed by atoms with Crippen LogP contribution < -0.4 is 5.32 Å². The molecule has 0 aromatic carbocycles. The summed E-state index contributed by atoms with van der Waals surface area (Å²) in [7, 11) is 1.75. The van der Waals surface area contributed by atoms with Crippen molar-refractivity contribution in [3.8, 4) is 0 Å². The summed E-state index contributed by atoms with van der Waals surface area (Å²) < 4.78 is 0. The average Bonchev–Trinajstić information content (AvgIpc) is 2.58. The van der Waals surface area contributed by atoms with Gasteiger partial charge >= 0.3 is 5.97 Å². The normalized spacial score (nSPS) is 15.2. The first-order chi connectivity index (χ1) is 6.16. The maximum Gasteiger partial charge on any atom is 0.308 e. The Morgan fingerprint density at radius 2 is 2.38 bits per heavy atom. The molecule has 2 atom stereocenters. The molecule has 0 aliphatic carbocycles. The minimum atomic E-state index is -0.797. The molecular weight excluding hydrogens is 168 g/mol. The zero-order valence-corrected chi connectivity index (χ0v) is 7.74. The Morgan fingerprint density at radius 3 is 2.77 bits per heavy atom. The summed E-state index contributed by atoms with van der Waals surface area (Å²) in [5, 5.41) is 11.8. The Labute approximate surface area is 77.0 Å². The Kier molecular flexibility index (Phi) is 3.08. The van der Waals surface area contributed by atoms with Crippen molar-refractivity contribution in [1.82, 2.24) is 10.3 Å². The molecular formula is C9H14N2O2. The standard InChI is InChI=1S/C9H14N2O2/c1-6(9(12)13)8(10-2)7-4-3-5-11-7/h3-6,8,10-11H,1-2H3,(H,12,13). The first-order valence-electron chi connectivity index (χ1n) is 4.20. The molecule has 0 amide bonds. The van der Waals surface area contributed by atoms with Crippen LogP contribution in [0.1, 0.15) is 18.7 Å². The molecule has 0 radical (unpaired) electrons. The molecule has 0 fully saturated rings. The summed E-state index contributed by atoms with van der Waals surface area (Å²) >= 11 is 0. The topological polar surface area (TPSA) is 65.1 Å². The Balaban J connectivity index is 2.79. The van der Waals surface area contributed by atoms with E-state index in [1.54, 1.807) is 20.2 Å². The largest absolute Gasteiger partial charge is 0.481 e. The Hall–Kier alpha value is -1.29. The summed E-state index contributed by atoms with van der Waals surface area (Å²) in [6.45, 7) is 1.68. The first kappa shape index (κ1) is 9.80. The lowest BCUT2D eigenvalue weighted by Crippen LogP contribution is -2.28. The van der Waals surface area contributed by atoms with E-state index >= 15 is 0 Å². The van der Waals surface area contributed by atoms with E-state index in [4.69, 9.17) is 5.11 Å². The van der Waals surface area contributed by atoms with Gasteiger partial charge in [0.1, 0.15) is 0 Å². The van der Waals surface area contributed by atoms with Crippen LogP contribution in [0.25, 0.3) is 0 Å². The maximum atomic E-state index is 10.7. The molecule has 0 saturated heterocycles. The molecule has 1 aromatic heterocycles. The average molecular weight is 182 g/mol. The highest BCUT2D eigenvalue weighted by atomic mass is 16.4. The van der Waals surface area contributed by atoms with Crippen LogP contribution in [0.15, 0.2) is 18.3 Å². The van der Waals surface area contributed by atoms with Crippen LogP contribution in [0.4, 0.5) is 0 Å². The summed E-state index contributed by atoms with van der Waals surface area (Å²) in [6, 6.07) is 3.57. The molecule has 72 valence electrons. The minimum absolute atomic E-state index is 0.160. The van der Waals surface area contributed by atoms with Crippen molar-refractivity contribution in [3.05, 3.63) is 24.0 Å². The fraction of sp³-hybridized carbons (Fsp3) is 0.444. The molecule has 4 nitrogen and oxygen atoms in total. The number of carbonyl (C=O) groups is 1. The molecule has 13 heavy (non-hydrogen) atoms. The molecule has 1 heterocycles. The van der Waals surface area contributed by atoms with Crippen LogP contribution in [-0.2, 0) is 4.79 Å². The molecule has 2 unspecified atom stereocenters. The van der Waals surface area contributed by atoms with Crippen molar-refractivity contribution in [1.29, 1.82) is 0 Å². The number of aromatic amines is 1. The van der Waals surface area contributed by atoms with Crippen molar-refractivity contribution in [2.24, 2.45) is 5.92 Å². The van der Waals surface area contributed by atoms with E-state index in [0.717, 1.165) is 5.69 Å². The predicted octanol–water partition coefficient (Wildman–Crippen LogP) is 0.996. The summed E-state index contributed by atoms with van der Waals surface area (Å²) in [6.07, 6.45) is 1.79. The van der Waals surface area contributed by atoms with Gasteiger partial charge in [-0.05, 0) is 19.2 Å². The number of nitrogens with one attached hydrogen (secondary N) is 2. The summed E-state index contributed by atoms with van der Waals surface area (Å²) in [5.41, 5.74) is 0.900. The van der Waals surface area contributed by atoms with Crippen molar-refractivity contribution in [2.75, 3.05) is 7.05 Å². The van der Waals surface area contributed by atoms with Crippen molar-refractivity contribution in [3.63, 3.8) is 0 Å². The Bertz CT molecular complexity index is 269. The van der Waals surface area contributed by atoms with E-state index in [1.807, 2.05) is 12.1 Å². The van der Waals surface area contributed by atoms with Gasteiger partial charge in [0.25, 0.3) is 0 Å². The first-order valence-corrected chi connectivity index (χ1v) is 4.20. The highest BCUT2D eigenvalue weighted by molar-refractivity contribution is 5.70. The number of aliphatic carboxylic acids is 1. The number of carboxylic acid groups (broad SMARTS) is 1. The predicted molar refractivity (Wildman–Crippen MR) is 49.4 cm³/mol. The fourth-order valence-electron chi connectivity index (χ4n) is 1.36. The van der Waals surface area contributed by atoms with Gasteiger partial charge in [0.05, 0.1) is 12.0 Å². The second-order valence-electron chi connectivity index (χ2n) is 3.02. The number of aromatic nitrogens is 1. The van der Waals surface area contributed by atoms with Gasteiger partial charge in [-0.3, -0.25) is 4.79 Å². The van der Waals surface area contributed by atoms with Gasteiger partial charge in [-0.25, -0.2) is 0 Å². The quantitative estimate of drug-likeness (QED) is 0.650. The molecule has 4 heteroatoms. The van der Waals surface area contributed by atoms with Crippen LogP contribution in [0.5, 0.6) is 0 Å². The smallest absolute Gasteiger partial charge is 0.308 e. The third-order valence-electron chi connectivity index (χ3n) is 2.16. The van der Waals surface area contributed by atoms with Crippen LogP contribution in [0.2, 0.25) is 0 Å². The molecule has 0 aliphatic heterocycles. The fourth-order valence-corrected chi connectivity index (χ4v) is 1.36. The maximum absolute atomic E-state index is 10.7. The van der Waals surface area contributed by atoms with Gasteiger partial charge in [-0.2, -0.15) is 0 Å². The van der Waals surface area contributed by atoms with Crippen LogP contribution in [0.3, 0.4) is 0 Å². The van der Waals surface area contributed by atoms with Gasteiger partial charge in [0.15, 0.2) is 0 Å². The third kappa shape index (κ3) is 2.09. The van der Waals surface area contributed by atoms with Crippen LogP contribution in [-0.4, -0.2) is 23.1 Å².